The Labute approximate surface area is 508 Å². The number of allylic oxidation sites excluding steroid dienone is 5. The monoisotopic (exact) mass is 1130 g/mol. The van der Waals surface area contributed by atoms with E-state index in [9.17, 15) is 0 Å². The van der Waals surface area contributed by atoms with Crippen LogP contribution in [0.1, 0.15) is 62.3 Å². The average Bonchev–Trinajstić information content (AvgIpc) is 4.46. The normalized spacial score (nSPS) is 16.3. The average molecular weight is 1130 g/mol. The third kappa shape index (κ3) is 16.9. The molecule has 1 atom stereocenters. The lowest BCUT2D eigenvalue weighted by Gasteiger charge is -2.26. The van der Waals surface area contributed by atoms with Gasteiger partial charge in [-0.3, -0.25) is 4.90 Å². The summed E-state index contributed by atoms with van der Waals surface area (Å²) < 4.78 is 8.45. The van der Waals surface area contributed by atoms with E-state index in [1.54, 1.807) is 0 Å². The van der Waals surface area contributed by atoms with Crippen molar-refractivity contribution < 1.29 is 0 Å². The topological polar surface area (TPSA) is 35.9 Å². The van der Waals surface area contributed by atoms with Gasteiger partial charge in [-0.2, -0.15) is 0 Å². The van der Waals surface area contributed by atoms with Gasteiger partial charge >= 0.3 is 0 Å². The molecule has 5 aliphatic heterocycles. The zero-order chi connectivity index (χ0) is 59.5. The number of hydrogen-bond acceptors (Lipinski definition) is 5. The Hall–Kier alpha value is -8.50. The molecular weight excluding hydrogens is 1040 g/mol. The third-order valence-electron chi connectivity index (χ3n) is 16.8. The molecule has 17 rings (SSSR count). The van der Waals surface area contributed by atoms with Crippen molar-refractivity contribution in [2.75, 3.05) is 64.7 Å². The van der Waals surface area contributed by atoms with E-state index in [4.69, 9.17) is 0 Å². The number of hydrogen-bond donors (Lipinski definition) is 0. The van der Waals surface area contributed by atoms with Gasteiger partial charge in [-0.1, -0.05) is 140 Å². The second-order valence-electron chi connectivity index (χ2n) is 23.3. The number of aromatic nitrogens is 4. The first-order chi connectivity index (χ1) is 41.4. The number of rotatable bonds is 0. The van der Waals surface area contributed by atoms with Crippen LogP contribution in [0, 0.1) is 5.92 Å². The van der Waals surface area contributed by atoms with Crippen LogP contribution in [0.4, 0.5) is 11.4 Å². The molecule has 8 aliphatic rings. The molecule has 1 unspecified atom stereocenters. The zero-order valence-electron chi connectivity index (χ0n) is 52.1. The molecule has 0 amide bonds. The van der Waals surface area contributed by atoms with Crippen molar-refractivity contribution in [3.63, 3.8) is 0 Å². The van der Waals surface area contributed by atoms with Gasteiger partial charge in [-0.25, -0.2) is 0 Å². The number of anilines is 2. The summed E-state index contributed by atoms with van der Waals surface area (Å²) in [6, 6.07) is 53.4. The van der Waals surface area contributed by atoms with E-state index in [0.29, 0.717) is 5.92 Å². The number of fused-ring (bicyclic) bond motifs is 8. The molecule has 9 aromatic rings. The highest BCUT2D eigenvalue weighted by molar-refractivity contribution is 5.79. The van der Waals surface area contributed by atoms with Crippen LogP contribution in [0.3, 0.4) is 0 Å². The van der Waals surface area contributed by atoms with Crippen molar-refractivity contribution in [2.45, 2.75) is 58.2 Å². The highest BCUT2D eigenvalue weighted by Gasteiger charge is 2.19. The lowest BCUT2D eigenvalue weighted by Crippen LogP contribution is -2.26. The van der Waals surface area contributed by atoms with E-state index < -0.39 is 0 Å². The maximum absolute atomic E-state index is 2.36. The molecule has 9 heteroatoms. The van der Waals surface area contributed by atoms with Crippen LogP contribution in [-0.2, 0) is 79.9 Å². The van der Waals surface area contributed by atoms with Crippen molar-refractivity contribution in [1.82, 2.24) is 33.0 Å². The molecule has 3 aliphatic carbocycles. The van der Waals surface area contributed by atoms with Gasteiger partial charge in [0.2, 0.25) is 0 Å². The van der Waals surface area contributed by atoms with Crippen LogP contribution < -0.4 is 9.80 Å². The Morgan fingerprint density at radius 1 is 0.412 bits per heavy atom. The fourth-order valence-electron chi connectivity index (χ4n) is 11.9. The predicted octanol–water partition coefficient (Wildman–Crippen LogP) is 15.0. The second kappa shape index (κ2) is 30.4. The summed E-state index contributed by atoms with van der Waals surface area (Å²) in [6.07, 6.45) is 37.0. The fourth-order valence-corrected chi connectivity index (χ4v) is 11.9. The maximum Gasteiger partial charge on any atom is 0.0477 e. The van der Waals surface area contributed by atoms with Gasteiger partial charge in [0, 0.05) is 172 Å². The molecule has 0 saturated carbocycles. The first-order valence-corrected chi connectivity index (χ1v) is 30.4. The summed E-state index contributed by atoms with van der Waals surface area (Å²) in [7, 11) is 18.9. The van der Waals surface area contributed by atoms with E-state index in [1.807, 2.05) is 36.1 Å². The van der Waals surface area contributed by atoms with Crippen LogP contribution in [0.15, 0.2) is 231 Å². The van der Waals surface area contributed by atoms with E-state index in [1.165, 1.54) is 129 Å². The summed E-state index contributed by atoms with van der Waals surface area (Å²) in [5.74, 6) is 0.579. The fraction of sp³-hybridized carbons (Fsp3) is 0.289. The second-order valence-corrected chi connectivity index (χ2v) is 23.3. The molecule has 9 nitrogen and oxygen atoms in total. The lowest BCUT2D eigenvalue weighted by atomic mass is 10.0. The molecular formula is C76H91N9. The van der Waals surface area contributed by atoms with E-state index in [2.05, 4.69) is 308 Å². The van der Waals surface area contributed by atoms with Crippen molar-refractivity contribution in [3.8, 4) is 0 Å². The van der Waals surface area contributed by atoms with Crippen molar-refractivity contribution in [3.05, 3.63) is 287 Å². The number of para-hydroxylation sites is 3. The van der Waals surface area contributed by atoms with Gasteiger partial charge in [0.25, 0.3) is 0 Å². The highest BCUT2D eigenvalue weighted by atomic mass is 15.1. The Bertz CT molecular complexity index is 3660. The van der Waals surface area contributed by atoms with Crippen molar-refractivity contribution in [1.29, 1.82) is 0 Å². The molecule has 0 N–H and O–H groups in total. The molecule has 85 heavy (non-hydrogen) atoms. The minimum atomic E-state index is 0.579. The molecule has 440 valence electrons. The first kappa shape index (κ1) is 61.1. The molecule has 0 fully saturated rings. The summed E-state index contributed by atoms with van der Waals surface area (Å²) in [6.45, 7) is 6.95. The largest absolute Gasteiger partial charge is 0.374 e. The minimum Gasteiger partial charge on any atom is -0.374 e. The summed E-state index contributed by atoms with van der Waals surface area (Å²) in [5.41, 5.74) is 20.2. The van der Waals surface area contributed by atoms with Gasteiger partial charge in [0.1, 0.15) is 0 Å². The third-order valence-corrected chi connectivity index (χ3v) is 16.8. The number of benzene rings is 5. The Morgan fingerprint density at radius 2 is 0.976 bits per heavy atom. The van der Waals surface area contributed by atoms with Gasteiger partial charge in [0.05, 0.1) is 0 Å². The SMILES string of the molecule is CN1C=CC2C=CC=C21.CN1CCCc2ccccc21.CN1CCc2ccccc21.CN1CCc2ccccc2C1.CN1Cc2ccccc2C1.Cn1ccc2c1C=CC2.Cn1ccc2c1CC=C2.Cn1ccc2ccccc21.Cn1cccc1. The van der Waals surface area contributed by atoms with Gasteiger partial charge < -0.3 is 37.9 Å². The molecule has 9 heterocycles. The van der Waals surface area contributed by atoms with E-state index in [-0.39, 0.29) is 0 Å². The number of nitrogens with zero attached hydrogens (tertiary/aromatic N) is 9. The summed E-state index contributed by atoms with van der Waals surface area (Å²) in [4.78, 5) is 11.5. The first-order valence-electron chi connectivity index (χ1n) is 30.4. The molecule has 0 spiro atoms. The highest BCUT2D eigenvalue weighted by Crippen LogP contribution is 2.29. The predicted molar refractivity (Wildman–Crippen MR) is 362 cm³/mol. The molecule has 0 bridgehead atoms. The Kier molecular flexibility index (Phi) is 21.8. The quantitative estimate of drug-likeness (QED) is 0.151. The van der Waals surface area contributed by atoms with Crippen LogP contribution in [0.25, 0.3) is 23.1 Å². The van der Waals surface area contributed by atoms with Crippen LogP contribution >= 0.6 is 0 Å². The maximum atomic E-state index is 2.36. The minimum absolute atomic E-state index is 0.579. The van der Waals surface area contributed by atoms with Crippen molar-refractivity contribution in [2.24, 2.45) is 34.1 Å². The molecule has 4 aromatic heterocycles. The Balaban J connectivity index is 0.000000115. The molecule has 0 saturated heterocycles. The molecule has 0 radical (unpaired) electrons. The molecule has 5 aromatic carbocycles. The summed E-state index contributed by atoms with van der Waals surface area (Å²) in [5, 5.41) is 1.31. The van der Waals surface area contributed by atoms with Crippen LogP contribution in [-0.4, -0.2) is 87.8 Å². The standard InChI is InChI=1S/2C10H13N.2C9H11N.C9H9N.3C8H9N.C5H7N/c1-11-8-4-6-9-5-2-3-7-10(9)11;1-11-7-6-9-4-2-3-5-10(9)8-11;1-10-6-8-4-2-3-5-9(8)7-10;2*1-10-7-6-8-4-2-3-5-9(8)10;3*1-9-6-5-7-3-2-4-8(7)9;1-6-4-2-3-5-6/h2-3,5,7H,4,6,8H2,1H3;2-5H,6-8H2,1H3;2*2-5H,6-7H2,1H3;2-7H,1H3;2,4-6H,3H2,1H3;2-3,5-6H,4H2,1H3;2-7H,1H3;2-5H,1H3. The van der Waals surface area contributed by atoms with Crippen LogP contribution in [0.2, 0.25) is 0 Å². The van der Waals surface area contributed by atoms with Crippen LogP contribution in [0.5, 0.6) is 0 Å². The smallest absolute Gasteiger partial charge is 0.0477 e. The van der Waals surface area contributed by atoms with E-state index in [0.717, 1.165) is 32.5 Å². The van der Waals surface area contributed by atoms with Crippen molar-refractivity contribution >= 4 is 34.4 Å². The Morgan fingerprint density at radius 3 is 1.61 bits per heavy atom. The number of aryl methyl sites for hydroxylation is 5. The lowest BCUT2D eigenvalue weighted by molar-refractivity contribution is 0.313. The number of likely N-dealkylation sites (N-methyl/N-ethyl adjacent to an activating group) is 2. The van der Waals surface area contributed by atoms with Gasteiger partial charge in [-0.15, -0.1) is 0 Å². The van der Waals surface area contributed by atoms with Gasteiger partial charge in [0.15, 0.2) is 0 Å². The van der Waals surface area contributed by atoms with E-state index >= 15 is 0 Å². The van der Waals surface area contributed by atoms with Gasteiger partial charge in [-0.05, 0) is 157 Å². The zero-order valence-corrected chi connectivity index (χ0v) is 52.1. The summed E-state index contributed by atoms with van der Waals surface area (Å²) >= 11 is 0.